The Morgan fingerprint density at radius 1 is 1.09 bits per heavy atom. The summed E-state index contributed by atoms with van der Waals surface area (Å²) < 4.78 is 6.07. The van der Waals surface area contributed by atoms with Gasteiger partial charge in [-0.15, -0.1) is 0 Å². The first-order valence-electron chi connectivity index (χ1n) is 18.7. The van der Waals surface area contributed by atoms with E-state index in [0.717, 1.165) is 61.6 Å². The van der Waals surface area contributed by atoms with E-state index in [9.17, 15) is 9.90 Å². The van der Waals surface area contributed by atoms with E-state index >= 15 is 0 Å². The number of ether oxygens (including phenoxy) is 1. The Morgan fingerprint density at radius 3 is 2.56 bits per heavy atom. The molecule has 1 aromatic heterocycles. The van der Waals surface area contributed by atoms with Gasteiger partial charge in [-0.05, 0) is 98.2 Å². The summed E-state index contributed by atoms with van der Waals surface area (Å²) in [4.78, 5) is 20.5. The van der Waals surface area contributed by atoms with Crippen LogP contribution >= 0.6 is 0 Å². The summed E-state index contributed by atoms with van der Waals surface area (Å²) in [5.41, 5.74) is 6.50. The van der Waals surface area contributed by atoms with Crippen molar-refractivity contribution in [2.75, 3.05) is 6.54 Å². The molecule has 0 saturated heterocycles. The van der Waals surface area contributed by atoms with Gasteiger partial charge < -0.3 is 25.9 Å². The lowest BCUT2D eigenvalue weighted by molar-refractivity contribution is -0.237. The van der Waals surface area contributed by atoms with Gasteiger partial charge in [0.15, 0.2) is 0 Å². The summed E-state index contributed by atoms with van der Waals surface area (Å²) in [6, 6.07) is -0.649. The number of nitrogens with one attached hydrogen (secondary N) is 2. The van der Waals surface area contributed by atoms with E-state index in [2.05, 4.69) is 63.8 Å². The molecule has 0 aromatic carbocycles. The molecule has 0 aliphatic heterocycles. The second-order valence-corrected chi connectivity index (χ2v) is 17.3. The van der Waals surface area contributed by atoms with Crippen LogP contribution in [0.5, 0.6) is 0 Å². The van der Waals surface area contributed by atoms with Gasteiger partial charge in [-0.1, -0.05) is 67.7 Å². The van der Waals surface area contributed by atoms with Crippen LogP contribution in [-0.2, 0) is 16.0 Å². The minimum absolute atomic E-state index is 0.0432. The van der Waals surface area contributed by atoms with Crippen LogP contribution in [0.4, 0.5) is 0 Å². The average Bonchev–Trinajstić information content (AvgIpc) is 3.61. The van der Waals surface area contributed by atoms with E-state index in [-0.39, 0.29) is 23.5 Å². The monoisotopic (exact) mass is 627 g/mol. The van der Waals surface area contributed by atoms with Crippen LogP contribution in [0.15, 0.2) is 12.5 Å². The lowest BCUT2D eigenvalue weighted by atomic mass is 9.42. The Kier molecular flexibility index (Phi) is 10.8. The largest absolute Gasteiger partial charge is 0.461 e. The van der Waals surface area contributed by atoms with Crippen molar-refractivity contribution in [1.82, 2.24) is 15.3 Å². The Balaban J connectivity index is 1.36. The molecule has 4 aliphatic rings. The predicted octanol–water partition coefficient (Wildman–Crippen LogP) is 7.04. The van der Waals surface area contributed by atoms with Crippen molar-refractivity contribution < 1.29 is 14.6 Å². The fourth-order valence-electron chi connectivity index (χ4n) is 11.3. The topological polar surface area (TPSA) is 113 Å². The standard InChI is InChI=1S/C38H66N4O3/c1-24(2)9-8-10-26(5)30-11-12-31-29-20-34(41-18-15-27-22-40-23-42-27)38(44)21-28(45-35(43)33(39)19-25(3)4)13-17-37(38,7)32(29)14-16-36(30,31)6/h22-26,28-34,41,44H,8-21,39H2,1-7H3,(H,40,42)/t26-,28+,29+,30-,31+,32+,33+,34-,36-,37-,38+/m1/s1. The molecule has 1 heterocycles. The molecule has 7 heteroatoms. The maximum absolute atomic E-state index is 13.0. The molecule has 7 nitrogen and oxygen atoms in total. The van der Waals surface area contributed by atoms with Gasteiger partial charge in [0.1, 0.15) is 12.1 Å². The number of carbonyl (C=O) groups excluding carboxylic acids is 1. The zero-order valence-corrected chi connectivity index (χ0v) is 29.6. The lowest BCUT2D eigenvalue weighted by Gasteiger charge is -2.66. The van der Waals surface area contributed by atoms with Crippen LogP contribution in [0.3, 0.4) is 0 Å². The number of carbonyl (C=O) groups is 1. The minimum atomic E-state index is -0.943. The van der Waals surface area contributed by atoms with Crippen molar-refractivity contribution >= 4 is 5.97 Å². The molecule has 4 saturated carbocycles. The Labute approximate surface area is 274 Å². The summed E-state index contributed by atoms with van der Waals surface area (Å²) in [5, 5.41) is 16.8. The fourth-order valence-corrected chi connectivity index (χ4v) is 11.3. The van der Waals surface area contributed by atoms with E-state index in [1.165, 1.54) is 44.9 Å². The van der Waals surface area contributed by atoms with Crippen molar-refractivity contribution in [3.05, 3.63) is 18.2 Å². The van der Waals surface area contributed by atoms with E-state index < -0.39 is 11.6 Å². The Morgan fingerprint density at radius 2 is 1.87 bits per heavy atom. The van der Waals surface area contributed by atoms with Crippen molar-refractivity contribution in [3.8, 4) is 0 Å². The number of hydrogen-bond acceptors (Lipinski definition) is 6. The number of nitrogens with zero attached hydrogens (tertiary/aromatic N) is 1. The van der Waals surface area contributed by atoms with Gasteiger partial charge in [0, 0.05) is 37.0 Å². The number of imidazole rings is 1. The zero-order valence-electron chi connectivity index (χ0n) is 29.6. The highest BCUT2D eigenvalue weighted by Gasteiger charge is 2.67. The minimum Gasteiger partial charge on any atom is -0.461 e. The Hall–Kier alpha value is -1.44. The SMILES string of the molecule is CC(C)CCC[C@@H](C)[C@H]1CC[C@H]2[C@@H]3C[C@@H](NCCc4c[nH]cn4)[C@@]4(O)C[C@@H](OC(=O)[C@@H](N)CC(C)C)CC[C@]4(C)[C@H]3CC[C@]12C. The van der Waals surface area contributed by atoms with Crippen LogP contribution in [0, 0.1) is 52.3 Å². The molecule has 256 valence electrons. The van der Waals surface area contributed by atoms with Gasteiger partial charge in [-0.3, -0.25) is 4.79 Å². The van der Waals surface area contributed by atoms with Crippen molar-refractivity contribution in [1.29, 1.82) is 0 Å². The molecule has 0 amide bonds. The number of rotatable bonds is 13. The van der Waals surface area contributed by atoms with E-state index in [1.54, 1.807) is 6.33 Å². The second kappa shape index (κ2) is 14.0. The van der Waals surface area contributed by atoms with Crippen LogP contribution in [-0.4, -0.2) is 51.4 Å². The summed E-state index contributed by atoms with van der Waals surface area (Å²) >= 11 is 0. The molecular formula is C38H66N4O3. The molecule has 11 atom stereocenters. The molecule has 0 unspecified atom stereocenters. The van der Waals surface area contributed by atoms with Crippen molar-refractivity contribution in [3.63, 3.8) is 0 Å². The molecule has 5 N–H and O–H groups in total. The van der Waals surface area contributed by atoms with Gasteiger partial charge in [-0.2, -0.15) is 0 Å². The summed E-state index contributed by atoms with van der Waals surface area (Å²) in [6.45, 7) is 17.2. The number of esters is 1. The fraction of sp³-hybridized carbons (Fsp3) is 0.895. The molecule has 4 fully saturated rings. The smallest absolute Gasteiger partial charge is 0.323 e. The van der Waals surface area contributed by atoms with Gasteiger partial charge in [0.25, 0.3) is 0 Å². The molecule has 4 aliphatic carbocycles. The van der Waals surface area contributed by atoms with Crippen LogP contribution in [0.2, 0.25) is 0 Å². The second-order valence-electron chi connectivity index (χ2n) is 17.3. The third-order valence-corrected chi connectivity index (χ3v) is 13.7. The average molecular weight is 627 g/mol. The summed E-state index contributed by atoms with van der Waals surface area (Å²) in [7, 11) is 0. The third kappa shape index (κ3) is 6.92. The number of nitrogens with two attached hydrogens (primary N) is 1. The maximum Gasteiger partial charge on any atom is 0.323 e. The van der Waals surface area contributed by atoms with Crippen molar-refractivity contribution in [2.24, 2.45) is 58.0 Å². The molecule has 5 rings (SSSR count). The first-order chi connectivity index (χ1) is 21.3. The van der Waals surface area contributed by atoms with Crippen molar-refractivity contribution in [2.45, 2.75) is 156 Å². The van der Waals surface area contributed by atoms with Crippen LogP contribution < -0.4 is 11.1 Å². The predicted molar refractivity (Wildman–Crippen MR) is 181 cm³/mol. The first-order valence-corrected chi connectivity index (χ1v) is 18.7. The summed E-state index contributed by atoms with van der Waals surface area (Å²) in [5.74, 6) is 4.22. The van der Waals surface area contributed by atoms with E-state index in [0.29, 0.717) is 36.0 Å². The number of aromatic amines is 1. The normalized spacial score (nSPS) is 39.3. The number of fused-ring (bicyclic) bond motifs is 5. The molecule has 0 spiro atoms. The van der Waals surface area contributed by atoms with Crippen LogP contribution in [0.25, 0.3) is 0 Å². The number of hydrogen-bond donors (Lipinski definition) is 4. The highest BCUT2D eigenvalue weighted by Crippen LogP contribution is 2.69. The summed E-state index contributed by atoms with van der Waals surface area (Å²) in [6.07, 6.45) is 17.2. The van der Waals surface area contributed by atoms with E-state index in [4.69, 9.17) is 10.5 Å². The molecular weight excluding hydrogens is 560 g/mol. The third-order valence-electron chi connectivity index (χ3n) is 13.7. The molecule has 1 aromatic rings. The highest BCUT2D eigenvalue weighted by molar-refractivity contribution is 5.75. The quantitative estimate of drug-likeness (QED) is 0.175. The first kappa shape index (κ1) is 34.9. The number of aliphatic hydroxyl groups is 1. The maximum atomic E-state index is 13.0. The molecule has 45 heavy (non-hydrogen) atoms. The van der Waals surface area contributed by atoms with Gasteiger partial charge in [0.05, 0.1) is 17.6 Å². The number of aromatic nitrogens is 2. The molecule has 0 bridgehead atoms. The van der Waals surface area contributed by atoms with Gasteiger partial charge in [-0.25, -0.2) is 4.98 Å². The zero-order chi connectivity index (χ0) is 32.6. The Bertz CT molecular complexity index is 1110. The number of H-pyrrole nitrogens is 1. The van der Waals surface area contributed by atoms with Crippen LogP contribution in [0.1, 0.15) is 131 Å². The lowest BCUT2D eigenvalue weighted by Crippen LogP contribution is -2.71. The molecule has 0 radical (unpaired) electrons. The highest BCUT2D eigenvalue weighted by atomic mass is 16.5. The van der Waals surface area contributed by atoms with Gasteiger partial charge in [0.2, 0.25) is 0 Å². The van der Waals surface area contributed by atoms with Gasteiger partial charge >= 0.3 is 5.97 Å². The van der Waals surface area contributed by atoms with E-state index in [1.807, 2.05) is 6.20 Å².